The van der Waals surface area contributed by atoms with E-state index in [2.05, 4.69) is 0 Å². The van der Waals surface area contributed by atoms with Crippen molar-refractivity contribution >= 4 is 12.1 Å². The number of rotatable bonds is 4. The van der Waals surface area contributed by atoms with Gasteiger partial charge in [-0.15, -0.1) is 0 Å². The Labute approximate surface area is 146 Å². The molecule has 2 saturated heterocycles. The summed E-state index contributed by atoms with van der Waals surface area (Å²) in [6.07, 6.45) is 0.275. The van der Waals surface area contributed by atoms with Gasteiger partial charge in [0.05, 0.1) is 6.54 Å². The van der Waals surface area contributed by atoms with E-state index < -0.39 is 18.2 Å². The predicted octanol–water partition coefficient (Wildman–Crippen LogP) is 3.30. The van der Waals surface area contributed by atoms with Crippen molar-refractivity contribution in [3.8, 4) is 0 Å². The van der Waals surface area contributed by atoms with E-state index in [1.165, 1.54) is 4.90 Å². The summed E-state index contributed by atoms with van der Waals surface area (Å²) in [7, 11) is 0. The fraction of sp³-hybridized carbons (Fsp3) is 0.300. The van der Waals surface area contributed by atoms with Crippen molar-refractivity contribution in [1.29, 1.82) is 0 Å². The highest BCUT2D eigenvalue weighted by molar-refractivity contribution is 5.83. The average Bonchev–Trinajstić information content (AvgIpc) is 2.95. The Morgan fingerprint density at radius 3 is 2.20 bits per heavy atom. The first-order valence-corrected chi connectivity index (χ1v) is 8.50. The molecule has 2 heterocycles. The van der Waals surface area contributed by atoms with E-state index in [1.54, 1.807) is 0 Å². The van der Waals surface area contributed by atoms with Crippen molar-refractivity contribution in [1.82, 2.24) is 4.90 Å². The maximum atomic E-state index is 12.8. The third-order valence-electron chi connectivity index (χ3n) is 4.75. The summed E-state index contributed by atoms with van der Waals surface area (Å²) in [4.78, 5) is 26.2. The Morgan fingerprint density at radius 1 is 1.00 bits per heavy atom. The molecule has 0 radical (unpaired) electrons. The van der Waals surface area contributed by atoms with E-state index in [0.29, 0.717) is 19.4 Å². The zero-order chi connectivity index (χ0) is 17.2. The monoisotopic (exact) mass is 337 g/mol. The summed E-state index contributed by atoms with van der Waals surface area (Å²) in [5, 5.41) is 0. The number of hydrogen-bond donors (Lipinski definition) is 0. The summed E-state index contributed by atoms with van der Waals surface area (Å²) in [6, 6.07) is 18.7. The van der Waals surface area contributed by atoms with Crippen LogP contribution >= 0.6 is 0 Å². The van der Waals surface area contributed by atoms with Gasteiger partial charge in [0.2, 0.25) is 0 Å². The zero-order valence-corrected chi connectivity index (χ0v) is 13.7. The lowest BCUT2D eigenvalue weighted by Crippen LogP contribution is -2.46. The number of ether oxygens (including phenoxy) is 2. The van der Waals surface area contributed by atoms with Crippen molar-refractivity contribution in [2.75, 3.05) is 6.54 Å². The molecule has 2 aromatic carbocycles. The Balaban J connectivity index is 1.58. The molecule has 128 valence electrons. The smallest absolute Gasteiger partial charge is 0.410 e. The highest BCUT2D eigenvalue weighted by Crippen LogP contribution is 2.31. The zero-order valence-electron chi connectivity index (χ0n) is 13.7. The molecule has 0 aliphatic carbocycles. The molecule has 0 unspecified atom stereocenters. The molecule has 0 spiro atoms. The molecule has 2 atom stereocenters. The molecule has 2 bridgehead atoms. The topological polar surface area (TPSA) is 55.8 Å². The van der Waals surface area contributed by atoms with Crippen LogP contribution in [0.5, 0.6) is 0 Å². The van der Waals surface area contributed by atoms with Gasteiger partial charge in [0.25, 0.3) is 0 Å². The molecule has 1 amide bonds. The highest BCUT2D eigenvalue weighted by Gasteiger charge is 2.45. The minimum absolute atomic E-state index is 0.0874. The molecule has 5 nitrogen and oxygen atoms in total. The van der Waals surface area contributed by atoms with Crippen LogP contribution in [-0.2, 0) is 14.3 Å². The van der Waals surface area contributed by atoms with Crippen LogP contribution in [0.4, 0.5) is 4.79 Å². The summed E-state index contributed by atoms with van der Waals surface area (Å²) in [6.45, 7) is 0.472. The van der Waals surface area contributed by atoms with Gasteiger partial charge < -0.3 is 9.47 Å². The van der Waals surface area contributed by atoms with Gasteiger partial charge in [0.15, 0.2) is 6.10 Å². The fourth-order valence-electron chi connectivity index (χ4n) is 3.47. The molecular formula is C20H19NO4. The van der Waals surface area contributed by atoms with Crippen LogP contribution < -0.4 is 0 Å². The van der Waals surface area contributed by atoms with Crippen LogP contribution in [0.2, 0.25) is 0 Å². The number of carbonyl (C=O) groups excluding carboxylic acids is 2. The fourth-order valence-corrected chi connectivity index (χ4v) is 3.47. The van der Waals surface area contributed by atoms with Crippen molar-refractivity contribution in [3.05, 3.63) is 71.8 Å². The van der Waals surface area contributed by atoms with E-state index in [4.69, 9.17) is 9.47 Å². The van der Waals surface area contributed by atoms with E-state index in [1.807, 2.05) is 60.7 Å². The van der Waals surface area contributed by atoms with Gasteiger partial charge in [-0.1, -0.05) is 60.7 Å². The Kier molecular flexibility index (Phi) is 4.14. The van der Waals surface area contributed by atoms with E-state index in [0.717, 1.165) is 11.1 Å². The SMILES string of the molecule is O=C(OC(c1ccccc1)c1ccccc1)[C@H]1CC[C@@H]2CN1C(=O)O2. The Morgan fingerprint density at radius 2 is 1.60 bits per heavy atom. The molecule has 2 aliphatic rings. The van der Waals surface area contributed by atoms with Gasteiger partial charge in [0.1, 0.15) is 12.1 Å². The molecule has 0 aromatic heterocycles. The third-order valence-corrected chi connectivity index (χ3v) is 4.75. The van der Waals surface area contributed by atoms with Crippen LogP contribution in [-0.4, -0.2) is 35.7 Å². The van der Waals surface area contributed by atoms with Gasteiger partial charge in [-0.3, -0.25) is 4.90 Å². The molecule has 5 heteroatoms. The minimum atomic E-state index is -0.568. The normalized spacial score (nSPS) is 22.0. The van der Waals surface area contributed by atoms with Crippen LogP contribution in [0.3, 0.4) is 0 Å². The molecule has 2 aromatic rings. The molecular weight excluding hydrogens is 318 g/mol. The maximum absolute atomic E-state index is 12.8. The number of fused-ring (bicyclic) bond motifs is 2. The van der Waals surface area contributed by atoms with E-state index >= 15 is 0 Å². The Hall–Kier alpha value is -2.82. The summed E-state index contributed by atoms with van der Waals surface area (Å²) in [5.74, 6) is -0.380. The second-order valence-electron chi connectivity index (χ2n) is 6.39. The van der Waals surface area contributed by atoms with Gasteiger partial charge in [0, 0.05) is 0 Å². The van der Waals surface area contributed by atoms with Crippen molar-refractivity contribution in [3.63, 3.8) is 0 Å². The first-order chi connectivity index (χ1) is 12.2. The molecule has 0 N–H and O–H groups in total. The number of nitrogens with zero attached hydrogens (tertiary/aromatic N) is 1. The maximum Gasteiger partial charge on any atom is 0.410 e. The van der Waals surface area contributed by atoms with E-state index in [-0.39, 0.29) is 12.1 Å². The lowest BCUT2D eigenvalue weighted by molar-refractivity contribution is -0.153. The molecule has 25 heavy (non-hydrogen) atoms. The van der Waals surface area contributed by atoms with Crippen LogP contribution in [0.1, 0.15) is 30.1 Å². The first kappa shape index (κ1) is 15.7. The van der Waals surface area contributed by atoms with Crippen LogP contribution in [0.15, 0.2) is 60.7 Å². The summed E-state index contributed by atoms with van der Waals surface area (Å²) >= 11 is 0. The van der Waals surface area contributed by atoms with Gasteiger partial charge >= 0.3 is 12.1 Å². The number of benzene rings is 2. The lowest BCUT2D eigenvalue weighted by atomic mass is 10.00. The quantitative estimate of drug-likeness (QED) is 0.803. The molecule has 0 saturated carbocycles. The molecule has 2 aliphatic heterocycles. The van der Waals surface area contributed by atoms with Crippen molar-refractivity contribution < 1.29 is 19.1 Å². The second-order valence-corrected chi connectivity index (χ2v) is 6.39. The van der Waals surface area contributed by atoms with Gasteiger partial charge in [-0.05, 0) is 24.0 Å². The van der Waals surface area contributed by atoms with Gasteiger partial charge in [-0.2, -0.15) is 0 Å². The number of esters is 1. The number of carbonyl (C=O) groups is 2. The van der Waals surface area contributed by atoms with Crippen LogP contribution in [0.25, 0.3) is 0 Å². The number of amides is 1. The highest BCUT2D eigenvalue weighted by atomic mass is 16.6. The predicted molar refractivity (Wildman–Crippen MR) is 90.8 cm³/mol. The largest absolute Gasteiger partial charge is 0.451 e. The lowest BCUT2D eigenvalue weighted by Gasteiger charge is -2.29. The van der Waals surface area contributed by atoms with Gasteiger partial charge in [-0.25, -0.2) is 9.59 Å². The molecule has 2 fully saturated rings. The first-order valence-electron chi connectivity index (χ1n) is 8.50. The summed E-state index contributed by atoms with van der Waals surface area (Å²) in [5.41, 5.74) is 1.81. The molecule has 4 rings (SSSR count). The van der Waals surface area contributed by atoms with Crippen molar-refractivity contribution in [2.24, 2.45) is 0 Å². The van der Waals surface area contributed by atoms with Crippen molar-refractivity contribution in [2.45, 2.75) is 31.1 Å². The number of hydrogen-bond acceptors (Lipinski definition) is 4. The van der Waals surface area contributed by atoms with Crippen LogP contribution in [0, 0.1) is 0 Å². The average molecular weight is 337 g/mol. The van der Waals surface area contributed by atoms with E-state index in [9.17, 15) is 9.59 Å². The minimum Gasteiger partial charge on any atom is -0.451 e. The Bertz CT molecular complexity index is 722. The number of piperidine rings is 1. The standard InChI is InChI=1S/C20H19NO4/c22-19(17-12-11-16-13-21(17)20(23)24-16)25-18(14-7-3-1-4-8-14)15-9-5-2-6-10-15/h1-10,16-18H,11-13H2/t16-,17-/m1/s1. The second kappa shape index (κ2) is 6.59. The third kappa shape index (κ3) is 3.09. The summed E-state index contributed by atoms with van der Waals surface area (Å²) < 4.78 is 11.1.